The highest BCUT2D eigenvalue weighted by molar-refractivity contribution is 5.80. The lowest BCUT2D eigenvalue weighted by atomic mass is 10.1. The number of amides is 1. The lowest BCUT2D eigenvalue weighted by Gasteiger charge is -2.34. The second kappa shape index (κ2) is 9.49. The number of carbonyl (C=O) groups is 1. The summed E-state index contributed by atoms with van der Waals surface area (Å²) in [4.78, 5) is 18.1. The molecule has 1 atom stereocenters. The molecule has 0 spiro atoms. The Morgan fingerprint density at radius 3 is 2.47 bits per heavy atom. The number of nitrogens with one attached hydrogen (secondary N) is 2. The van der Waals surface area contributed by atoms with Gasteiger partial charge in [0.05, 0.1) is 0 Å². The zero-order chi connectivity index (χ0) is 20.9. The van der Waals surface area contributed by atoms with E-state index in [2.05, 4.69) is 38.1 Å². The van der Waals surface area contributed by atoms with Crippen molar-refractivity contribution in [3.05, 3.63) is 59.7 Å². The largest absolute Gasteiger partial charge is 0.454 e. The molecule has 0 radical (unpaired) electrons. The van der Waals surface area contributed by atoms with E-state index in [9.17, 15) is 4.79 Å². The lowest BCUT2D eigenvalue weighted by molar-refractivity contribution is -1.02. The van der Waals surface area contributed by atoms with E-state index < -0.39 is 0 Å². The maximum Gasteiger partial charge on any atom is 0.280 e. The molecule has 2 aliphatic heterocycles. The highest BCUT2D eigenvalue weighted by Crippen LogP contribution is 2.32. The highest BCUT2D eigenvalue weighted by atomic mass is 16.7. The molecule has 30 heavy (non-hydrogen) atoms. The molecule has 0 unspecified atom stereocenters. The summed E-state index contributed by atoms with van der Waals surface area (Å²) in [5, 5.41) is 0. The second-order valence-electron chi connectivity index (χ2n) is 8.33. The number of fused-ring (bicyclic) bond motifs is 1. The van der Waals surface area contributed by atoms with Crippen LogP contribution in [0.1, 0.15) is 25.0 Å². The summed E-state index contributed by atoms with van der Waals surface area (Å²) in [6.07, 6.45) is 0. The van der Waals surface area contributed by atoms with Crippen LogP contribution in [-0.4, -0.2) is 56.4 Å². The number of likely N-dealkylation sites (N-methyl/N-ethyl adjacent to an activating group) is 1. The van der Waals surface area contributed by atoms with Gasteiger partial charge in [0.2, 0.25) is 6.79 Å². The van der Waals surface area contributed by atoms with Crippen LogP contribution in [0.3, 0.4) is 0 Å². The number of benzene rings is 2. The van der Waals surface area contributed by atoms with Gasteiger partial charge in [0.25, 0.3) is 5.91 Å². The third-order valence-electron chi connectivity index (χ3n) is 6.38. The SMILES string of the molecule is CCN(Cc1ccccc1)C(=O)[C@@H](C)[NH+]1CC[NH+](Cc2ccc3c(c2)OCO3)CC1. The molecular weight excluding hydrogens is 378 g/mol. The zero-order valence-corrected chi connectivity index (χ0v) is 18.0. The van der Waals surface area contributed by atoms with Crippen LogP contribution < -0.4 is 19.3 Å². The number of rotatable bonds is 7. The first-order valence-corrected chi connectivity index (χ1v) is 11.0. The van der Waals surface area contributed by atoms with Gasteiger partial charge in [-0.1, -0.05) is 30.3 Å². The van der Waals surface area contributed by atoms with Gasteiger partial charge in [-0.25, -0.2) is 0 Å². The van der Waals surface area contributed by atoms with Crippen molar-refractivity contribution in [3.63, 3.8) is 0 Å². The van der Waals surface area contributed by atoms with E-state index in [-0.39, 0.29) is 11.9 Å². The average Bonchev–Trinajstić information content (AvgIpc) is 3.26. The number of piperazine rings is 1. The van der Waals surface area contributed by atoms with Crippen LogP contribution in [0.25, 0.3) is 0 Å². The molecule has 0 aromatic heterocycles. The van der Waals surface area contributed by atoms with Crippen molar-refractivity contribution in [2.45, 2.75) is 33.0 Å². The normalized spacial score (nSPS) is 21.3. The molecule has 2 heterocycles. The monoisotopic (exact) mass is 411 g/mol. The quantitative estimate of drug-likeness (QED) is 0.681. The van der Waals surface area contributed by atoms with E-state index in [1.165, 1.54) is 16.0 Å². The van der Waals surface area contributed by atoms with Crippen molar-refractivity contribution < 1.29 is 24.1 Å². The molecule has 6 heteroatoms. The fraction of sp³-hybridized carbons (Fsp3) is 0.458. The van der Waals surface area contributed by atoms with Gasteiger partial charge in [-0.15, -0.1) is 0 Å². The van der Waals surface area contributed by atoms with E-state index in [0.29, 0.717) is 13.3 Å². The number of nitrogens with zero attached hydrogens (tertiary/aromatic N) is 1. The third-order valence-corrected chi connectivity index (χ3v) is 6.38. The summed E-state index contributed by atoms with van der Waals surface area (Å²) in [5.41, 5.74) is 2.47. The number of hydrogen-bond donors (Lipinski definition) is 2. The van der Waals surface area contributed by atoms with Crippen LogP contribution in [0.15, 0.2) is 48.5 Å². The minimum absolute atomic E-state index is 0.000700. The molecule has 4 rings (SSSR count). The molecule has 160 valence electrons. The molecule has 2 N–H and O–H groups in total. The standard InChI is InChI=1S/C24H31N3O3/c1-3-26(17-20-7-5-4-6-8-20)24(28)19(2)27-13-11-25(12-14-27)16-21-9-10-22-23(15-21)30-18-29-22/h4-10,15,19H,3,11-14,16-18H2,1-2H3/p+2/t19-/m1/s1. The van der Waals surface area contributed by atoms with Gasteiger partial charge < -0.3 is 24.2 Å². The van der Waals surface area contributed by atoms with Gasteiger partial charge in [0.15, 0.2) is 17.5 Å². The first-order valence-electron chi connectivity index (χ1n) is 11.0. The Kier molecular flexibility index (Phi) is 6.55. The van der Waals surface area contributed by atoms with Crippen LogP contribution in [-0.2, 0) is 17.9 Å². The molecule has 2 aromatic rings. The van der Waals surface area contributed by atoms with E-state index >= 15 is 0 Å². The van der Waals surface area contributed by atoms with Crippen molar-refractivity contribution in [1.82, 2.24) is 4.90 Å². The summed E-state index contributed by atoms with van der Waals surface area (Å²) in [5.74, 6) is 1.95. The average molecular weight is 412 g/mol. The molecule has 0 saturated carbocycles. The van der Waals surface area contributed by atoms with Crippen molar-refractivity contribution in [1.29, 1.82) is 0 Å². The smallest absolute Gasteiger partial charge is 0.280 e. The minimum Gasteiger partial charge on any atom is -0.454 e. The maximum absolute atomic E-state index is 13.1. The van der Waals surface area contributed by atoms with Crippen molar-refractivity contribution in [2.75, 3.05) is 39.5 Å². The van der Waals surface area contributed by atoms with Crippen molar-refractivity contribution in [2.24, 2.45) is 0 Å². The Morgan fingerprint density at radius 2 is 1.73 bits per heavy atom. The molecular formula is C24H33N3O3+2. The number of quaternary nitrogens is 2. The summed E-state index contributed by atoms with van der Waals surface area (Å²) < 4.78 is 10.9. The zero-order valence-electron chi connectivity index (χ0n) is 18.0. The first kappa shape index (κ1) is 20.7. The van der Waals surface area contributed by atoms with Crippen LogP contribution >= 0.6 is 0 Å². The van der Waals surface area contributed by atoms with E-state index in [0.717, 1.165) is 50.8 Å². The lowest BCUT2D eigenvalue weighted by Crippen LogP contribution is -3.29. The van der Waals surface area contributed by atoms with Crippen molar-refractivity contribution >= 4 is 5.91 Å². The Balaban J connectivity index is 1.29. The molecule has 0 bridgehead atoms. The number of hydrogen-bond acceptors (Lipinski definition) is 3. The molecule has 1 saturated heterocycles. The molecule has 6 nitrogen and oxygen atoms in total. The van der Waals surface area contributed by atoms with Gasteiger partial charge >= 0.3 is 0 Å². The highest BCUT2D eigenvalue weighted by Gasteiger charge is 2.33. The predicted octanol–water partition coefficient (Wildman–Crippen LogP) is 0.136. The minimum atomic E-state index is 0.000700. The molecule has 1 amide bonds. The maximum atomic E-state index is 13.1. The van der Waals surface area contributed by atoms with Gasteiger partial charge in [-0.2, -0.15) is 0 Å². The van der Waals surface area contributed by atoms with Gasteiger partial charge in [0, 0.05) is 18.7 Å². The summed E-state index contributed by atoms with van der Waals surface area (Å²) >= 11 is 0. The Morgan fingerprint density at radius 1 is 1.00 bits per heavy atom. The summed E-state index contributed by atoms with van der Waals surface area (Å²) in [6, 6.07) is 16.5. The molecule has 0 aliphatic carbocycles. The van der Waals surface area contributed by atoms with Crippen LogP contribution in [0.4, 0.5) is 0 Å². The van der Waals surface area contributed by atoms with E-state index in [4.69, 9.17) is 9.47 Å². The fourth-order valence-corrected chi connectivity index (χ4v) is 4.47. The van der Waals surface area contributed by atoms with Gasteiger partial charge in [-0.3, -0.25) is 4.79 Å². The first-order chi connectivity index (χ1) is 14.6. The topological polar surface area (TPSA) is 47.7 Å². The molecule has 2 aliphatic rings. The number of ether oxygens (including phenoxy) is 2. The van der Waals surface area contributed by atoms with Crippen LogP contribution in [0.5, 0.6) is 11.5 Å². The van der Waals surface area contributed by atoms with Gasteiger partial charge in [0.1, 0.15) is 32.7 Å². The Hall–Kier alpha value is -2.57. The Bertz CT molecular complexity index is 850. The fourth-order valence-electron chi connectivity index (χ4n) is 4.47. The second-order valence-corrected chi connectivity index (χ2v) is 8.33. The summed E-state index contributed by atoms with van der Waals surface area (Å²) in [7, 11) is 0. The molecule has 1 fully saturated rings. The third kappa shape index (κ3) is 4.77. The summed E-state index contributed by atoms with van der Waals surface area (Å²) in [6.45, 7) is 11.1. The number of carbonyl (C=O) groups excluding carboxylic acids is 1. The van der Waals surface area contributed by atoms with E-state index in [1.54, 1.807) is 4.90 Å². The van der Waals surface area contributed by atoms with Crippen molar-refractivity contribution in [3.8, 4) is 11.5 Å². The Labute approximate surface area is 179 Å². The van der Waals surface area contributed by atoms with E-state index in [1.807, 2.05) is 29.2 Å². The van der Waals surface area contributed by atoms with Crippen LogP contribution in [0.2, 0.25) is 0 Å². The predicted molar refractivity (Wildman–Crippen MR) is 115 cm³/mol. The molecule has 2 aromatic carbocycles. The van der Waals surface area contributed by atoms with Gasteiger partial charge in [-0.05, 0) is 37.6 Å². The van der Waals surface area contributed by atoms with Crippen LogP contribution in [0, 0.1) is 0 Å².